The molecule has 0 spiro atoms. The molecule has 0 bridgehead atoms. The zero-order valence-corrected chi connectivity index (χ0v) is 13.2. The minimum Gasteiger partial charge on any atom is -0.350 e. The van der Waals surface area contributed by atoms with Gasteiger partial charge in [0.15, 0.2) is 0 Å². The van der Waals surface area contributed by atoms with E-state index in [1.807, 2.05) is 62.4 Å². The lowest BCUT2D eigenvalue weighted by Gasteiger charge is -2.14. The summed E-state index contributed by atoms with van der Waals surface area (Å²) in [4.78, 5) is 12.0. The van der Waals surface area contributed by atoms with Gasteiger partial charge in [-0.1, -0.05) is 54.1 Å². The van der Waals surface area contributed by atoms with Crippen LogP contribution in [-0.2, 0) is 11.2 Å². The summed E-state index contributed by atoms with van der Waals surface area (Å²) in [5.41, 5.74) is 3.26. The molecule has 1 amide bonds. The molecule has 2 aromatic carbocycles. The highest BCUT2D eigenvalue weighted by atomic mass is 35.5. The van der Waals surface area contributed by atoms with Crippen molar-refractivity contribution in [3.05, 3.63) is 70.2 Å². The molecular weight excluding hydrogens is 282 g/mol. The Hall–Kier alpha value is -1.80. The van der Waals surface area contributed by atoms with E-state index in [4.69, 9.17) is 11.6 Å². The normalized spacial score (nSPS) is 12.0. The molecule has 3 heteroatoms. The molecular formula is C18H20ClNO. The summed E-state index contributed by atoms with van der Waals surface area (Å²) >= 11 is 6.09. The van der Waals surface area contributed by atoms with E-state index in [1.54, 1.807) is 0 Å². The molecule has 2 nitrogen and oxygen atoms in total. The van der Waals surface area contributed by atoms with Crippen molar-refractivity contribution < 1.29 is 4.79 Å². The fourth-order valence-corrected chi connectivity index (χ4v) is 2.39. The average molecular weight is 302 g/mol. The molecule has 21 heavy (non-hydrogen) atoms. The fourth-order valence-electron chi connectivity index (χ4n) is 2.19. The molecule has 0 heterocycles. The molecule has 0 saturated heterocycles. The average Bonchev–Trinajstić information content (AvgIpc) is 2.49. The minimum atomic E-state index is 0.0281. The number of nitrogens with one attached hydrogen (secondary N) is 1. The van der Waals surface area contributed by atoms with Crippen molar-refractivity contribution in [3.8, 4) is 0 Å². The van der Waals surface area contributed by atoms with E-state index in [9.17, 15) is 4.79 Å². The topological polar surface area (TPSA) is 29.1 Å². The number of hydrogen-bond donors (Lipinski definition) is 1. The van der Waals surface area contributed by atoms with Crippen LogP contribution in [0.4, 0.5) is 0 Å². The predicted octanol–water partition coefficient (Wildman–Crippen LogP) is 4.46. The van der Waals surface area contributed by atoms with E-state index >= 15 is 0 Å². The van der Waals surface area contributed by atoms with Crippen molar-refractivity contribution >= 4 is 17.5 Å². The van der Waals surface area contributed by atoms with Crippen LogP contribution in [0.3, 0.4) is 0 Å². The second kappa shape index (κ2) is 7.28. The number of amides is 1. The Balaban J connectivity index is 1.86. The Morgan fingerprint density at radius 1 is 1.19 bits per heavy atom. The third-order valence-corrected chi connectivity index (χ3v) is 3.96. The fraction of sp³-hybridized carbons (Fsp3) is 0.278. The molecule has 0 radical (unpaired) electrons. The number of carbonyl (C=O) groups is 1. The molecule has 2 aromatic rings. The van der Waals surface area contributed by atoms with Gasteiger partial charge in [0.05, 0.1) is 6.04 Å². The summed E-state index contributed by atoms with van der Waals surface area (Å²) in [5.74, 6) is 0.0584. The van der Waals surface area contributed by atoms with E-state index in [0.29, 0.717) is 12.8 Å². The number of benzene rings is 2. The number of halogens is 1. The lowest BCUT2D eigenvalue weighted by molar-refractivity contribution is -0.121. The Morgan fingerprint density at radius 3 is 2.57 bits per heavy atom. The Morgan fingerprint density at radius 2 is 1.90 bits per heavy atom. The summed E-state index contributed by atoms with van der Waals surface area (Å²) in [5, 5.41) is 3.78. The van der Waals surface area contributed by atoms with Crippen molar-refractivity contribution in [1.82, 2.24) is 5.32 Å². The van der Waals surface area contributed by atoms with E-state index in [1.165, 1.54) is 0 Å². The summed E-state index contributed by atoms with van der Waals surface area (Å²) < 4.78 is 0. The molecule has 0 unspecified atom stereocenters. The largest absolute Gasteiger partial charge is 0.350 e. The van der Waals surface area contributed by atoms with Gasteiger partial charge in [-0.3, -0.25) is 4.79 Å². The molecule has 0 saturated carbocycles. The number of hydrogen-bond acceptors (Lipinski definition) is 1. The van der Waals surface area contributed by atoms with Crippen molar-refractivity contribution in [2.75, 3.05) is 0 Å². The zero-order valence-electron chi connectivity index (χ0n) is 12.4. The highest BCUT2D eigenvalue weighted by Crippen LogP contribution is 2.18. The second-order valence-corrected chi connectivity index (χ2v) is 5.69. The van der Waals surface area contributed by atoms with Crippen LogP contribution < -0.4 is 5.32 Å². The van der Waals surface area contributed by atoms with Crippen LogP contribution in [0, 0.1) is 6.92 Å². The SMILES string of the molecule is Cc1ccc(CCC(=O)N[C@H](C)c2ccccc2)cc1Cl. The molecule has 0 aromatic heterocycles. The van der Waals surface area contributed by atoms with Crippen molar-refractivity contribution in [1.29, 1.82) is 0 Å². The predicted molar refractivity (Wildman–Crippen MR) is 87.5 cm³/mol. The molecule has 110 valence electrons. The summed E-state index contributed by atoms with van der Waals surface area (Å²) in [6, 6.07) is 15.9. The molecule has 0 aliphatic carbocycles. The van der Waals surface area contributed by atoms with E-state index in [2.05, 4.69) is 5.32 Å². The van der Waals surface area contributed by atoms with Crippen LogP contribution in [0.25, 0.3) is 0 Å². The number of carbonyl (C=O) groups excluding carboxylic acids is 1. The third-order valence-electron chi connectivity index (χ3n) is 3.55. The highest BCUT2D eigenvalue weighted by molar-refractivity contribution is 6.31. The van der Waals surface area contributed by atoms with Crippen molar-refractivity contribution in [2.45, 2.75) is 32.7 Å². The Bertz CT molecular complexity index is 610. The number of aryl methyl sites for hydroxylation is 2. The highest BCUT2D eigenvalue weighted by Gasteiger charge is 2.09. The minimum absolute atomic E-state index is 0.0281. The van der Waals surface area contributed by atoms with Crippen LogP contribution in [0.1, 0.15) is 36.1 Å². The Kier molecular flexibility index (Phi) is 5.40. The molecule has 1 atom stereocenters. The molecule has 2 rings (SSSR count). The van der Waals surface area contributed by atoms with Gasteiger partial charge >= 0.3 is 0 Å². The first-order valence-electron chi connectivity index (χ1n) is 7.15. The maximum atomic E-state index is 12.0. The van der Waals surface area contributed by atoms with Gasteiger partial charge in [0.25, 0.3) is 0 Å². The standard InChI is InChI=1S/C18H20ClNO/c1-13-8-9-15(12-17(13)19)10-11-18(21)20-14(2)16-6-4-3-5-7-16/h3-9,12,14H,10-11H2,1-2H3,(H,20,21)/t14-/m1/s1. The lowest BCUT2D eigenvalue weighted by atomic mass is 10.1. The first kappa shape index (κ1) is 15.6. The quantitative estimate of drug-likeness (QED) is 0.868. The molecule has 0 fully saturated rings. The van der Waals surface area contributed by atoms with E-state index in [0.717, 1.165) is 21.7 Å². The first-order valence-corrected chi connectivity index (χ1v) is 7.53. The van der Waals surface area contributed by atoms with E-state index in [-0.39, 0.29) is 11.9 Å². The molecule has 0 aliphatic heterocycles. The first-order chi connectivity index (χ1) is 10.1. The maximum Gasteiger partial charge on any atom is 0.220 e. The van der Waals surface area contributed by atoms with Crippen LogP contribution in [0.5, 0.6) is 0 Å². The van der Waals surface area contributed by atoms with Crippen LogP contribution in [0.2, 0.25) is 5.02 Å². The van der Waals surface area contributed by atoms with Crippen LogP contribution in [0.15, 0.2) is 48.5 Å². The Labute approximate surface area is 131 Å². The van der Waals surface area contributed by atoms with Gasteiger partial charge in [-0.05, 0) is 43.0 Å². The van der Waals surface area contributed by atoms with Gasteiger partial charge in [-0.25, -0.2) is 0 Å². The third kappa shape index (κ3) is 4.61. The maximum absolute atomic E-state index is 12.0. The summed E-state index contributed by atoms with van der Waals surface area (Å²) in [7, 11) is 0. The van der Waals surface area contributed by atoms with Crippen LogP contribution in [-0.4, -0.2) is 5.91 Å². The monoisotopic (exact) mass is 301 g/mol. The van der Waals surface area contributed by atoms with Gasteiger partial charge in [0.1, 0.15) is 0 Å². The van der Waals surface area contributed by atoms with Gasteiger partial charge in [0, 0.05) is 11.4 Å². The van der Waals surface area contributed by atoms with E-state index < -0.39 is 0 Å². The zero-order chi connectivity index (χ0) is 15.2. The smallest absolute Gasteiger partial charge is 0.220 e. The van der Waals surface area contributed by atoms with Gasteiger partial charge in [0.2, 0.25) is 5.91 Å². The van der Waals surface area contributed by atoms with Crippen molar-refractivity contribution in [2.24, 2.45) is 0 Å². The second-order valence-electron chi connectivity index (χ2n) is 5.28. The van der Waals surface area contributed by atoms with Crippen LogP contribution >= 0.6 is 11.6 Å². The van der Waals surface area contributed by atoms with Gasteiger partial charge < -0.3 is 5.32 Å². The molecule has 0 aliphatic rings. The van der Waals surface area contributed by atoms with Gasteiger partial charge in [-0.15, -0.1) is 0 Å². The summed E-state index contributed by atoms with van der Waals surface area (Å²) in [6.45, 7) is 3.97. The number of rotatable bonds is 5. The lowest BCUT2D eigenvalue weighted by Crippen LogP contribution is -2.26. The van der Waals surface area contributed by atoms with Gasteiger partial charge in [-0.2, -0.15) is 0 Å². The summed E-state index contributed by atoms with van der Waals surface area (Å²) in [6.07, 6.45) is 1.17. The molecule has 1 N–H and O–H groups in total. The van der Waals surface area contributed by atoms with Crippen molar-refractivity contribution in [3.63, 3.8) is 0 Å².